The van der Waals surface area contributed by atoms with Crippen LogP contribution in [0.2, 0.25) is 0 Å². The van der Waals surface area contributed by atoms with Crippen LogP contribution < -0.4 is 14.8 Å². The zero-order valence-corrected chi connectivity index (χ0v) is 14.2. The Kier molecular flexibility index (Phi) is 4.67. The van der Waals surface area contributed by atoms with Crippen LogP contribution in [-0.4, -0.2) is 19.1 Å². The number of rotatable bonds is 3. The lowest BCUT2D eigenvalue weighted by Crippen LogP contribution is -2.15. The van der Waals surface area contributed by atoms with Crippen LogP contribution in [0.25, 0.3) is 6.08 Å². The number of ether oxygens (including phenoxy) is 2. The molecule has 2 aromatic rings. The highest BCUT2D eigenvalue weighted by molar-refractivity contribution is 9.10. The molecule has 0 aromatic heterocycles. The van der Waals surface area contributed by atoms with E-state index in [9.17, 15) is 4.79 Å². The maximum absolute atomic E-state index is 12.0. The molecule has 1 N–H and O–H groups in total. The van der Waals surface area contributed by atoms with E-state index in [4.69, 9.17) is 9.47 Å². The van der Waals surface area contributed by atoms with Crippen LogP contribution in [0.1, 0.15) is 11.1 Å². The third-order valence-electron chi connectivity index (χ3n) is 3.38. The van der Waals surface area contributed by atoms with Crippen LogP contribution in [0.4, 0.5) is 5.69 Å². The standard InChI is InChI=1S/C18H16BrNO3/c1-12-2-5-15(14(19)10-12)20-18(21)7-4-13-3-6-16-17(11-13)23-9-8-22-16/h2-7,10-11H,8-9H2,1H3,(H,20,21)/b7-4+. The molecule has 1 heterocycles. The van der Waals surface area contributed by atoms with Gasteiger partial charge in [0.25, 0.3) is 0 Å². The van der Waals surface area contributed by atoms with Crippen LogP contribution in [0.5, 0.6) is 11.5 Å². The fourth-order valence-corrected chi connectivity index (χ4v) is 2.82. The van der Waals surface area contributed by atoms with E-state index in [1.165, 1.54) is 6.08 Å². The number of fused-ring (bicyclic) bond motifs is 1. The Morgan fingerprint density at radius 1 is 1.13 bits per heavy atom. The van der Waals surface area contributed by atoms with Crippen molar-refractivity contribution in [3.05, 3.63) is 58.1 Å². The maximum Gasteiger partial charge on any atom is 0.248 e. The molecule has 0 saturated carbocycles. The molecule has 0 fully saturated rings. The van der Waals surface area contributed by atoms with E-state index >= 15 is 0 Å². The van der Waals surface area contributed by atoms with Gasteiger partial charge in [-0.3, -0.25) is 4.79 Å². The topological polar surface area (TPSA) is 47.6 Å². The number of halogens is 1. The molecule has 0 atom stereocenters. The number of benzene rings is 2. The van der Waals surface area contributed by atoms with E-state index in [2.05, 4.69) is 21.2 Å². The molecule has 0 saturated heterocycles. The highest BCUT2D eigenvalue weighted by atomic mass is 79.9. The van der Waals surface area contributed by atoms with E-state index in [0.717, 1.165) is 27.0 Å². The highest BCUT2D eigenvalue weighted by Gasteiger charge is 2.11. The normalized spacial score (nSPS) is 13.1. The maximum atomic E-state index is 12.0. The van der Waals surface area contributed by atoms with Gasteiger partial charge in [0.05, 0.1) is 5.69 Å². The first-order valence-corrected chi connectivity index (χ1v) is 8.06. The second kappa shape index (κ2) is 6.87. The number of anilines is 1. The van der Waals surface area contributed by atoms with E-state index in [-0.39, 0.29) is 5.91 Å². The van der Waals surface area contributed by atoms with Gasteiger partial charge in [-0.15, -0.1) is 0 Å². The molecule has 1 amide bonds. The number of carbonyl (C=O) groups excluding carboxylic acids is 1. The lowest BCUT2D eigenvalue weighted by molar-refractivity contribution is -0.111. The molecule has 2 aromatic carbocycles. The van der Waals surface area contributed by atoms with Crippen molar-refractivity contribution in [3.8, 4) is 11.5 Å². The summed E-state index contributed by atoms with van der Waals surface area (Å²) in [6, 6.07) is 11.4. The van der Waals surface area contributed by atoms with E-state index in [1.54, 1.807) is 6.08 Å². The summed E-state index contributed by atoms with van der Waals surface area (Å²) in [4.78, 5) is 12.0. The predicted octanol–water partition coefficient (Wildman–Crippen LogP) is 4.18. The number of hydrogen-bond acceptors (Lipinski definition) is 3. The van der Waals surface area contributed by atoms with Crippen LogP contribution in [0.15, 0.2) is 46.9 Å². The van der Waals surface area contributed by atoms with Gasteiger partial charge >= 0.3 is 0 Å². The highest BCUT2D eigenvalue weighted by Crippen LogP contribution is 2.31. The van der Waals surface area contributed by atoms with Gasteiger partial charge in [-0.05, 0) is 64.3 Å². The van der Waals surface area contributed by atoms with Gasteiger partial charge in [0.2, 0.25) is 5.91 Å². The third kappa shape index (κ3) is 3.93. The van der Waals surface area contributed by atoms with Gasteiger partial charge in [0, 0.05) is 10.5 Å². The Morgan fingerprint density at radius 2 is 1.91 bits per heavy atom. The molecule has 0 aliphatic carbocycles. The predicted molar refractivity (Wildman–Crippen MR) is 94.0 cm³/mol. The molecule has 23 heavy (non-hydrogen) atoms. The van der Waals surface area contributed by atoms with Crippen LogP contribution in [0, 0.1) is 6.92 Å². The molecule has 0 radical (unpaired) electrons. The van der Waals surface area contributed by atoms with Crippen molar-refractivity contribution in [1.82, 2.24) is 0 Å². The second-order valence-electron chi connectivity index (χ2n) is 5.21. The summed E-state index contributed by atoms with van der Waals surface area (Å²) in [6.07, 6.45) is 3.24. The molecule has 0 bridgehead atoms. The summed E-state index contributed by atoms with van der Waals surface area (Å²) < 4.78 is 11.9. The first-order valence-electron chi connectivity index (χ1n) is 7.27. The lowest BCUT2D eigenvalue weighted by atomic mass is 10.1. The fraction of sp³-hybridized carbons (Fsp3) is 0.167. The van der Waals surface area contributed by atoms with Crippen molar-refractivity contribution < 1.29 is 14.3 Å². The second-order valence-corrected chi connectivity index (χ2v) is 6.06. The number of hydrogen-bond donors (Lipinski definition) is 1. The zero-order valence-electron chi connectivity index (χ0n) is 12.6. The smallest absolute Gasteiger partial charge is 0.248 e. The van der Waals surface area contributed by atoms with Crippen molar-refractivity contribution in [3.63, 3.8) is 0 Å². The Hall–Kier alpha value is -2.27. The van der Waals surface area contributed by atoms with Crippen molar-refractivity contribution in [2.24, 2.45) is 0 Å². The average molecular weight is 374 g/mol. The number of aryl methyl sites for hydroxylation is 1. The first-order chi connectivity index (χ1) is 11.1. The lowest BCUT2D eigenvalue weighted by Gasteiger charge is -2.18. The summed E-state index contributed by atoms with van der Waals surface area (Å²) in [5.41, 5.74) is 2.75. The average Bonchev–Trinajstić information content (AvgIpc) is 2.55. The summed E-state index contributed by atoms with van der Waals surface area (Å²) >= 11 is 3.44. The molecule has 1 aliphatic rings. The molecular formula is C18H16BrNO3. The van der Waals surface area contributed by atoms with Gasteiger partial charge in [0.1, 0.15) is 13.2 Å². The molecule has 5 heteroatoms. The SMILES string of the molecule is Cc1ccc(NC(=O)/C=C/c2ccc3c(c2)OCCO3)c(Br)c1. The molecule has 3 rings (SSSR count). The Labute approximate surface area is 143 Å². The monoisotopic (exact) mass is 373 g/mol. The quantitative estimate of drug-likeness (QED) is 0.820. The van der Waals surface area contributed by atoms with Crippen molar-refractivity contribution in [2.75, 3.05) is 18.5 Å². The Bertz CT molecular complexity index is 771. The fourth-order valence-electron chi connectivity index (χ4n) is 2.23. The van der Waals surface area contributed by atoms with Crippen LogP contribution in [0.3, 0.4) is 0 Å². The number of nitrogens with one attached hydrogen (secondary N) is 1. The third-order valence-corrected chi connectivity index (χ3v) is 4.03. The first kappa shape index (κ1) is 15.6. The van der Waals surface area contributed by atoms with Gasteiger partial charge in [0.15, 0.2) is 11.5 Å². The van der Waals surface area contributed by atoms with Crippen LogP contribution >= 0.6 is 15.9 Å². The molecular weight excluding hydrogens is 358 g/mol. The van der Waals surface area contributed by atoms with Crippen molar-refractivity contribution in [2.45, 2.75) is 6.92 Å². The Morgan fingerprint density at radius 3 is 2.70 bits per heavy atom. The zero-order chi connectivity index (χ0) is 16.2. The summed E-state index contributed by atoms with van der Waals surface area (Å²) in [7, 11) is 0. The van der Waals surface area contributed by atoms with E-state index in [1.807, 2.05) is 43.3 Å². The summed E-state index contributed by atoms with van der Waals surface area (Å²) in [6.45, 7) is 3.11. The molecule has 1 aliphatic heterocycles. The number of carbonyl (C=O) groups is 1. The minimum absolute atomic E-state index is 0.190. The summed E-state index contributed by atoms with van der Waals surface area (Å²) in [5.74, 6) is 1.26. The molecule has 118 valence electrons. The van der Waals surface area contributed by atoms with Gasteiger partial charge in [-0.25, -0.2) is 0 Å². The summed E-state index contributed by atoms with van der Waals surface area (Å²) in [5, 5.41) is 2.84. The molecule has 0 unspecified atom stereocenters. The van der Waals surface area contributed by atoms with Crippen molar-refractivity contribution >= 4 is 33.6 Å². The molecule has 4 nitrogen and oxygen atoms in total. The van der Waals surface area contributed by atoms with Gasteiger partial charge in [-0.1, -0.05) is 12.1 Å². The Balaban J connectivity index is 1.68. The number of amides is 1. The minimum atomic E-state index is -0.190. The largest absolute Gasteiger partial charge is 0.486 e. The minimum Gasteiger partial charge on any atom is -0.486 e. The van der Waals surface area contributed by atoms with E-state index < -0.39 is 0 Å². The van der Waals surface area contributed by atoms with Gasteiger partial charge < -0.3 is 14.8 Å². The van der Waals surface area contributed by atoms with Crippen molar-refractivity contribution in [1.29, 1.82) is 0 Å². The van der Waals surface area contributed by atoms with Crippen LogP contribution in [-0.2, 0) is 4.79 Å². The molecule has 0 spiro atoms. The van der Waals surface area contributed by atoms with E-state index in [0.29, 0.717) is 19.0 Å². The van der Waals surface area contributed by atoms with Gasteiger partial charge in [-0.2, -0.15) is 0 Å².